The van der Waals surface area contributed by atoms with E-state index in [0.717, 1.165) is 0 Å². The van der Waals surface area contributed by atoms with Gasteiger partial charge in [0.05, 0.1) is 23.1 Å². The van der Waals surface area contributed by atoms with Gasteiger partial charge in [0, 0.05) is 32.0 Å². The summed E-state index contributed by atoms with van der Waals surface area (Å²) in [6.45, 7) is 1.94. The molecule has 2 aliphatic rings. The van der Waals surface area contributed by atoms with Gasteiger partial charge >= 0.3 is 0 Å². The molecule has 0 unspecified atom stereocenters. The summed E-state index contributed by atoms with van der Waals surface area (Å²) < 4.78 is 5.77. The third-order valence-corrected chi connectivity index (χ3v) is 6.23. The number of carbonyl (C=O) groups is 3. The molecular weight excluding hydrogens is 420 g/mol. The normalized spacial score (nSPS) is 19.9. The van der Waals surface area contributed by atoms with Gasteiger partial charge in [0.1, 0.15) is 12.4 Å². The van der Waals surface area contributed by atoms with Crippen LogP contribution in [0.3, 0.4) is 0 Å². The molecule has 4 rings (SSSR count). The van der Waals surface area contributed by atoms with Gasteiger partial charge in [0.2, 0.25) is 5.91 Å². The lowest BCUT2D eigenvalue weighted by atomic mass is 9.74. The third kappa shape index (κ3) is 5.22. The fourth-order valence-corrected chi connectivity index (χ4v) is 4.27. The number of nitrogens with one attached hydrogen (secondary N) is 2. The van der Waals surface area contributed by atoms with Crippen molar-refractivity contribution in [2.45, 2.75) is 19.3 Å². The number of piperidine rings is 1. The van der Waals surface area contributed by atoms with Crippen molar-refractivity contribution in [1.82, 2.24) is 20.5 Å². The molecule has 0 bridgehead atoms. The van der Waals surface area contributed by atoms with Crippen LogP contribution < -0.4 is 15.4 Å². The maximum absolute atomic E-state index is 13.2. The van der Waals surface area contributed by atoms with Crippen LogP contribution in [-0.2, 0) is 4.79 Å². The van der Waals surface area contributed by atoms with Gasteiger partial charge in [-0.25, -0.2) is 0 Å². The molecule has 2 N–H and O–H groups in total. The van der Waals surface area contributed by atoms with Crippen LogP contribution in [0, 0.1) is 5.41 Å². The van der Waals surface area contributed by atoms with Gasteiger partial charge < -0.3 is 20.3 Å². The molecule has 3 amide bonds. The number of amides is 3. The highest BCUT2D eigenvalue weighted by atomic mass is 16.5. The molecule has 1 saturated heterocycles. The summed E-state index contributed by atoms with van der Waals surface area (Å²) in [5.74, 6) is 0.193. The van der Waals surface area contributed by atoms with Crippen LogP contribution in [0.2, 0.25) is 0 Å². The summed E-state index contributed by atoms with van der Waals surface area (Å²) in [5, 5.41) is 5.87. The Labute approximate surface area is 193 Å². The first-order chi connectivity index (χ1) is 16.1. The van der Waals surface area contributed by atoms with Crippen molar-refractivity contribution in [2.24, 2.45) is 5.41 Å². The number of fused-ring (bicyclic) bond motifs is 1. The first-order valence-electron chi connectivity index (χ1n) is 11.2. The number of pyridine rings is 1. The van der Waals surface area contributed by atoms with Crippen LogP contribution in [0.1, 0.15) is 40.0 Å². The van der Waals surface area contributed by atoms with Gasteiger partial charge in [-0.05, 0) is 43.5 Å². The molecule has 0 radical (unpaired) electrons. The Morgan fingerprint density at radius 3 is 2.64 bits per heavy atom. The van der Waals surface area contributed by atoms with Crippen LogP contribution in [-0.4, -0.2) is 60.4 Å². The van der Waals surface area contributed by atoms with E-state index in [-0.39, 0.29) is 24.3 Å². The molecule has 8 heteroatoms. The highest BCUT2D eigenvalue weighted by Crippen LogP contribution is 2.36. The van der Waals surface area contributed by atoms with Crippen molar-refractivity contribution in [3.05, 3.63) is 72.1 Å². The van der Waals surface area contributed by atoms with E-state index in [1.165, 1.54) is 0 Å². The van der Waals surface area contributed by atoms with Gasteiger partial charge in [0.25, 0.3) is 11.8 Å². The zero-order chi connectivity index (χ0) is 23.1. The fourth-order valence-electron chi connectivity index (χ4n) is 4.27. The molecule has 172 valence electrons. The van der Waals surface area contributed by atoms with Crippen molar-refractivity contribution in [3.63, 3.8) is 0 Å². The summed E-state index contributed by atoms with van der Waals surface area (Å²) >= 11 is 0. The molecule has 0 saturated carbocycles. The van der Waals surface area contributed by atoms with E-state index in [9.17, 15) is 14.4 Å². The number of hydrogen-bond donors (Lipinski definition) is 2. The molecule has 1 aromatic carbocycles. The van der Waals surface area contributed by atoms with Crippen molar-refractivity contribution in [3.8, 4) is 5.75 Å². The first kappa shape index (κ1) is 22.5. The van der Waals surface area contributed by atoms with Crippen LogP contribution >= 0.6 is 0 Å². The highest BCUT2D eigenvalue weighted by molar-refractivity contribution is 5.97. The summed E-state index contributed by atoms with van der Waals surface area (Å²) in [6, 6.07) is 10.6. The maximum Gasteiger partial charge on any atom is 0.255 e. The molecular formula is C25H28N4O4. The predicted octanol–water partition coefficient (Wildman–Crippen LogP) is 2.19. The minimum absolute atomic E-state index is 0.0291. The Morgan fingerprint density at radius 2 is 1.85 bits per heavy atom. The van der Waals surface area contributed by atoms with E-state index in [4.69, 9.17) is 4.74 Å². The highest BCUT2D eigenvalue weighted by Gasteiger charge is 2.41. The van der Waals surface area contributed by atoms with Crippen molar-refractivity contribution in [2.75, 3.05) is 32.8 Å². The van der Waals surface area contributed by atoms with Crippen LogP contribution in [0.5, 0.6) is 5.75 Å². The van der Waals surface area contributed by atoms with Crippen LogP contribution in [0.15, 0.2) is 60.9 Å². The molecule has 8 nitrogen and oxygen atoms in total. The number of allylic oxidation sites excluding steroid dienone is 1. The SMILES string of the molecule is O=C1NC/C=C/CC2(CCN(C(=O)c3cccnc3)CC2)C(=O)NCCOc2ccccc21. The van der Waals surface area contributed by atoms with Gasteiger partial charge in [0.15, 0.2) is 0 Å². The van der Waals surface area contributed by atoms with Crippen molar-refractivity contribution >= 4 is 17.7 Å². The Bertz CT molecular complexity index is 1030. The minimum Gasteiger partial charge on any atom is -0.491 e. The zero-order valence-electron chi connectivity index (χ0n) is 18.5. The van der Waals surface area contributed by atoms with E-state index < -0.39 is 5.41 Å². The standard InChI is InChI=1S/C25H28N4O4/c30-22-20-7-1-2-8-21(20)33-17-14-28-24(32)25(9-3-4-13-27-22)10-15-29(16-11-25)23(31)19-6-5-12-26-18-19/h1-8,12,18H,9-11,13-17H2,(H,27,30)(H,28,32)/b4-3+. The second-order valence-electron chi connectivity index (χ2n) is 8.30. The second-order valence-corrected chi connectivity index (χ2v) is 8.30. The quantitative estimate of drug-likeness (QED) is 0.652. The van der Waals surface area contributed by atoms with Crippen molar-refractivity contribution in [1.29, 1.82) is 0 Å². The lowest BCUT2D eigenvalue weighted by molar-refractivity contribution is -0.133. The number of hydrogen-bond acceptors (Lipinski definition) is 5. The van der Waals surface area contributed by atoms with Crippen molar-refractivity contribution < 1.29 is 19.1 Å². The molecule has 1 fully saturated rings. The monoisotopic (exact) mass is 448 g/mol. The van der Waals surface area contributed by atoms with E-state index >= 15 is 0 Å². The lowest BCUT2D eigenvalue weighted by Crippen LogP contribution is -2.50. The average Bonchev–Trinajstić information content (AvgIpc) is 2.86. The Morgan fingerprint density at radius 1 is 1.03 bits per heavy atom. The summed E-state index contributed by atoms with van der Waals surface area (Å²) in [5.41, 5.74) is 0.419. The Kier molecular flexibility index (Phi) is 7.02. The second kappa shape index (κ2) is 10.3. The number of aromatic nitrogens is 1. The predicted molar refractivity (Wildman–Crippen MR) is 123 cm³/mol. The molecule has 1 aromatic heterocycles. The molecule has 2 aromatic rings. The summed E-state index contributed by atoms with van der Waals surface area (Å²) in [7, 11) is 0. The lowest BCUT2D eigenvalue weighted by Gasteiger charge is -2.40. The number of nitrogens with zero attached hydrogens (tertiary/aromatic N) is 2. The van der Waals surface area contributed by atoms with Gasteiger partial charge in [-0.15, -0.1) is 0 Å². The molecule has 2 aliphatic heterocycles. The van der Waals surface area contributed by atoms with E-state index in [1.807, 2.05) is 18.2 Å². The smallest absolute Gasteiger partial charge is 0.255 e. The molecule has 1 spiro atoms. The largest absolute Gasteiger partial charge is 0.491 e. The van der Waals surface area contributed by atoms with E-state index in [1.54, 1.807) is 47.6 Å². The molecule has 3 heterocycles. The van der Waals surface area contributed by atoms with Crippen LogP contribution in [0.4, 0.5) is 0 Å². The average molecular weight is 449 g/mol. The first-order valence-corrected chi connectivity index (χ1v) is 11.2. The van der Waals surface area contributed by atoms with Gasteiger partial charge in [-0.1, -0.05) is 24.3 Å². The number of ether oxygens (including phenoxy) is 1. The Balaban J connectivity index is 1.44. The summed E-state index contributed by atoms with van der Waals surface area (Å²) in [4.78, 5) is 44.3. The van der Waals surface area contributed by atoms with E-state index in [2.05, 4.69) is 15.6 Å². The Hall–Kier alpha value is -3.68. The van der Waals surface area contributed by atoms with E-state index in [0.29, 0.717) is 62.3 Å². The van der Waals surface area contributed by atoms with Gasteiger partial charge in [-0.2, -0.15) is 0 Å². The van der Waals surface area contributed by atoms with Crippen LogP contribution in [0.25, 0.3) is 0 Å². The topological polar surface area (TPSA) is 101 Å². The number of carbonyl (C=O) groups excluding carboxylic acids is 3. The molecule has 33 heavy (non-hydrogen) atoms. The van der Waals surface area contributed by atoms with Gasteiger partial charge in [-0.3, -0.25) is 19.4 Å². The number of rotatable bonds is 1. The number of para-hydroxylation sites is 1. The zero-order valence-corrected chi connectivity index (χ0v) is 18.5. The summed E-state index contributed by atoms with van der Waals surface area (Å²) in [6.07, 6.45) is 8.69. The number of benzene rings is 1. The number of likely N-dealkylation sites (tertiary alicyclic amines) is 1. The molecule has 0 aliphatic carbocycles. The maximum atomic E-state index is 13.2. The molecule has 0 atom stereocenters. The fraction of sp³-hybridized carbons (Fsp3) is 0.360. The minimum atomic E-state index is -0.603. The third-order valence-electron chi connectivity index (χ3n) is 6.23.